The maximum atomic E-state index is 13.7. The van der Waals surface area contributed by atoms with Gasteiger partial charge in [-0.3, -0.25) is 5.10 Å². The van der Waals surface area contributed by atoms with Crippen molar-refractivity contribution in [2.24, 2.45) is 0 Å². The summed E-state index contributed by atoms with van der Waals surface area (Å²) in [5.74, 6) is -0.394. The van der Waals surface area contributed by atoms with Crippen molar-refractivity contribution in [2.45, 2.75) is 32.6 Å². The van der Waals surface area contributed by atoms with Gasteiger partial charge in [0.15, 0.2) is 0 Å². The lowest BCUT2D eigenvalue weighted by Crippen LogP contribution is -2.17. The van der Waals surface area contributed by atoms with E-state index in [1.54, 1.807) is 6.20 Å². The lowest BCUT2D eigenvalue weighted by molar-refractivity contribution is 0.505. The molecule has 0 saturated carbocycles. The fraction of sp³-hybridized carbons (Fsp3) is 0.417. The molecular weight excluding hydrogens is 227 g/mol. The number of aromatic nitrogens is 2. The lowest BCUT2D eigenvalue weighted by atomic mass is 9.80. The summed E-state index contributed by atoms with van der Waals surface area (Å²) >= 11 is 6.08. The van der Waals surface area contributed by atoms with Crippen molar-refractivity contribution in [2.75, 3.05) is 0 Å². The summed E-state index contributed by atoms with van der Waals surface area (Å²) in [6.07, 6.45) is 2.59. The summed E-state index contributed by atoms with van der Waals surface area (Å²) in [6.45, 7) is 6.17. The van der Waals surface area contributed by atoms with Crippen molar-refractivity contribution >= 4 is 22.5 Å². The molecule has 0 radical (unpaired) electrons. The van der Waals surface area contributed by atoms with Crippen LogP contribution in [0.2, 0.25) is 5.02 Å². The predicted molar refractivity (Wildman–Crippen MR) is 64.4 cm³/mol. The smallest absolute Gasteiger partial charge is 0.144 e. The third-order valence-electron chi connectivity index (χ3n) is 3.20. The monoisotopic (exact) mass is 240 g/mol. The molecule has 2 rings (SSSR count). The number of hydrogen-bond acceptors (Lipinski definition) is 1. The van der Waals surface area contributed by atoms with E-state index in [9.17, 15) is 4.39 Å². The van der Waals surface area contributed by atoms with Crippen LogP contribution in [0.3, 0.4) is 0 Å². The zero-order valence-corrected chi connectivity index (χ0v) is 10.3. The molecule has 16 heavy (non-hydrogen) atoms. The predicted octanol–water partition coefficient (Wildman–Crippen LogP) is 4.04. The summed E-state index contributed by atoms with van der Waals surface area (Å²) in [6, 6.07) is 1.39. The zero-order chi connectivity index (χ0) is 11.9. The Balaban J connectivity index is 2.84. The maximum Gasteiger partial charge on any atom is 0.144 e. The number of hydrogen-bond donors (Lipinski definition) is 1. The molecule has 0 atom stereocenters. The first-order valence-electron chi connectivity index (χ1n) is 5.29. The standard InChI is InChI=1S/C12H14ClFN2/c1-4-12(2,3)10-7-6-15-16-9(7)5-8(14)11(10)13/h5-6H,4H2,1-3H3,(H,15,16). The maximum absolute atomic E-state index is 13.7. The van der Waals surface area contributed by atoms with Crippen LogP contribution in [0.1, 0.15) is 32.8 Å². The van der Waals surface area contributed by atoms with Crippen LogP contribution in [0.15, 0.2) is 12.3 Å². The molecule has 0 aliphatic heterocycles. The number of nitrogens with one attached hydrogen (secondary N) is 1. The quantitative estimate of drug-likeness (QED) is 0.843. The van der Waals surface area contributed by atoms with Crippen LogP contribution < -0.4 is 0 Å². The topological polar surface area (TPSA) is 28.7 Å². The van der Waals surface area contributed by atoms with E-state index >= 15 is 0 Å². The van der Waals surface area contributed by atoms with Gasteiger partial charge in [-0.1, -0.05) is 32.4 Å². The molecule has 1 aromatic carbocycles. The highest BCUT2D eigenvalue weighted by Crippen LogP contribution is 2.38. The van der Waals surface area contributed by atoms with Gasteiger partial charge in [-0.15, -0.1) is 0 Å². The van der Waals surface area contributed by atoms with E-state index in [2.05, 4.69) is 31.0 Å². The van der Waals surface area contributed by atoms with E-state index in [-0.39, 0.29) is 10.4 Å². The first kappa shape index (κ1) is 11.4. The average molecular weight is 241 g/mol. The minimum absolute atomic E-state index is 0.165. The Morgan fingerprint density at radius 3 is 2.81 bits per heavy atom. The van der Waals surface area contributed by atoms with Crippen molar-refractivity contribution in [1.82, 2.24) is 10.2 Å². The van der Waals surface area contributed by atoms with E-state index in [0.717, 1.165) is 17.4 Å². The number of benzene rings is 1. The molecule has 0 aliphatic rings. The second-order valence-corrected chi connectivity index (χ2v) is 4.99. The highest BCUT2D eigenvalue weighted by atomic mass is 35.5. The molecule has 2 aromatic rings. The summed E-state index contributed by atoms with van der Waals surface area (Å²) in [5, 5.41) is 7.83. The Labute approximate surface area is 98.8 Å². The first-order valence-corrected chi connectivity index (χ1v) is 5.66. The fourth-order valence-electron chi connectivity index (χ4n) is 1.87. The second kappa shape index (κ2) is 3.74. The second-order valence-electron chi connectivity index (χ2n) is 4.62. The van der Waals surface area contributed by atoms with Crippen molar-refractivity contribution < 1.29 is 4.39 Å². The molecule has 0 unspecified atom stereocenters. The molecule has 0 aliphatic carbocycles. The largest absolute Gasteiger partial charge is 0.278 e. The van der Waals surface area contributed by atoms with Crippen molar-refractivity contribution in [1.29, 1.82) is 0 Å². The number of nitrogens with zero attached hydrogens (tertiary/aromatic N) is 1. The number of aromatic amines is 1. The van der Waals surface area contributed by atoms with Crippen LogP contribution in [0.5, 0.6) is 0 Å². The Bertz CT molecular complexity index is 531. The molecule has 4 heteroatoms. The molecule has 86 valence electrons. The highest BCUT2D eigenvalue weighted by Gasteiger charge is 2.26. The van der Waals surface area contributed by atoms with Gasteiger partial charge in [0.05, 0.1) is 16.7 Å². The van der Waals surface area contributed by atoms with Gasteiger partial charge in [0, 0.05) is 11.5 Å². The van der Waals surface area contributed by atoms with Gasteiger partial charge in [0.25, 0.3) is 0 Å². The number of halogens is 2. The summed E-state index contributed by atoms with van der Waals surface area (Å²) < 4.78 is 13.7. The van der Waals surface area contributed by atoms with Crippen molar-refractivity contribution in [3.05, 3.63) is 28.7 Å². The molecule has 1 heterocycles. The molecule has 0 amide bonds. The Morgan fingerprint density at radius 1 is 1.50 bits per heavy atom. The molecule has 2 nitrogen and oxygen atoms in total. The molecule has 0 bridgehead atoms. The van der Waals surface area contributed by atoms with Gasteiger partial charge < -0.3 is 0 Å². The van der Waals surface area contributed by atoms with Crippen molar-refractivity contribution in [3.63, 3.8) is 0 Å². The third kappa shape index (κ3) is 1.59. The molecule has 1 aromatic heterocycles. The number of fused-ring (bicyclic) bond motifs is 1. The SMILES string of the molecule is CCC(C)(C)c1c(Cl)c(F)cc2[nH]ncc12. The van der Waals surface area contributed by atoms with Crippen LogP contribution in [0.4, 0.5) is 4.39 Å². The normalized spacial score (nSPS) is 12.3. The van der Waals surface area contributed by atoms with E-state index in [1.807, 2.05) is 0 Å². The lowest BCUT2D eigenvalue weighted by Gasteiger charge is -2.25. The van der Waals surface area contributed by atoms with Gasteiger partial charge in [0.2, 0.25) is 0 Å². The Kier molecular flexibility index (Phi) is 2.66. The Morgan fingerprint density at radius 2 is 2.19 bits per heavy atom. The van der Waals surface area contributed by atoms with Crippen LogP contribution >= 0.6 is 11.6 Å². The van der Waals surface area contributed by atoms with Crippen LogP contribution in [-0.2, 0) is 5.41 Å². The molecule has 0 spiro atoms. The average Bonchev–Trinajstić information content (AvgIpc) is 2.66. The fourth-order valence-corrected chi connectivity index (χ4v) is 2.28. The van der Waals surface area contributed by atoms with E-state index in [0.29, 0.717) is 5.52 Å². The molecule has 1 N–H and O–H groups in total. The van der Waals surface area contributed by atoms with E-state index < -0.39 is 5.82 Å². The van der Waals surface area contributed by atoms with Crippen LogP contribution in [-0.4, -0.2) is 10.2 Å². The van der Waals surface area contributed by atoms with Crippen LogP contribution in [0, 0.1) is 5.82 Å². The van der Waals surface area contributed by atoms with Gasteiger partial charge >= 0.3 is 0 Å². The minimum Gasteiger partial charge on any atom is -0.278 e. The van der Waals surface area contributed by atoms with E-state index in [4.69, 9.17) is 11.6 Å². The minimum atomic E-state index is -0.394. The highest BCUT2D eigenvalue weighted by molar-refractivity contribution is 6.32. The first-order chi connectivity index (χ1) is 7.47. The number of rotatable bonds is 2. The summed E-state index contributed by atoms with van der Waals surface area (Å²) in [7, 11) is 0. The van der Waals surface area contributed by atoms with Gasteiger partial charge in [-0.2, -0.15) is 5.10 Å². The van der Waals surface area contributed by atoms with E-state index in [1.165, 1.54) is 6.07 Å². The molecule has 0 saturated heterocycles. The van der Waals surface area contributed by atoms with Crippen LogP contribution in [0.25, 0.3) is 10.9 Å². The molecular formula is C12H14ClFN2. The van der Waals surface area contributed by atoms with Gasteiger partial charge in [-0.05, 0) is 17.4 Å². The molecule has 0 fully saturated rings. The summed E-state index contributed by atoms with van der Waals surface area (Å²) in [5.41, 5.74) is 1.36. The number of H-pyrrole nitrogens is 1. The third-order valence-corrected chi connectivity index (χ3v) is 3.57. The zero-order valence-electron chi connectivity index (χ0n) is 9.56. The van der Waals surface area contributed by atoms with Gasteiger partial charge in [-0.25, -0.2) is 4.39 Å². The van der Waals surface area contributed by atoms with Crippen molar-refractivity contribution in [3.8, 4) is 0 Å². The van der Waals surface area contributed by atoms with Gasteiger partial charge in [0.1, 0.15) is 5.82 Å². The Hall–Kier alpha value is -1.09. The summed E-state index contributed by atoms with van der Waals surface area (Å²) in [4.78, 5) is 0.